The first-order valence-corrected chi connectivity index (χ1v) is 33.3. The van der Waals surface area contributed by atoms with Gasteiger partial charge in [-0.25, -0.2) is 4.98 Å². The lowest BCUT2D eigenvalue weighted by Gasteiger charge is -2.32. The van der Waals surface area contributed by atoms with E-state index in [9.17, 15) is 0 Å². The summed E-state index contributed by atoms with van der Waals surface area (Å²) in [4.78, 5) is 10.2. The average Bonchev–Trinajstić information content (AvgIpc) is 1.51. The maximum Gasteiger partial charge on any atom is 0.181 e. The third kappa shape index (κ3) is 9.64. The van der Waals surface area contributed by atoms with Gasteiger partial charge in [-0.05, 0) is 148 Å². The number of rotatable bonds is 10. The highest BCUT2D eigenvalue weighted by molar-refractivity contribution is 7.23. The van der Waals surface area contributed by atoms with Gasteiger partial charge in [0, 0.05) is 45.9 Å². The minimum absolute atomic E-state index is 0.0660. The fraction of sp³-hybridized carbons (Fsp3) is 0.207. The Balaban J connectivity index is 0.936. The summed E-state index contributed by atoms with van der Waals surface area (Å²) in [5, 5.41) is 8.01. The number of anilines is 4. The van der Waals surface area contributed by atoms with Crippen LogP contribution in [0.25, 0.3) is 61.0 Å². The first kappa shape index (κ1) is 56.6. The van der Waals surface area contributed by atoms with E-state index < -0.39 is 8.07 Å². The standard InChI is InChI=1S/C82H78N4OSi/c1-79(2,3)58-42-43-83-75(49-58)86-71-36-25-37-73-76(71)77-72(86)51-64(52-74(77)88(73,65-30-18-14-19-31-65)66-32-20-15-21-33-66)87-63-29-24-28-62(50-63)84-53-85(70-35-23-22-34-69(70)84)78-67(56-40-38-55(39-41-56)54-26-16-13-17-27-54)47-61(82(10,11)12)48-68(78)57-44-59(80(4,5)6)46-60(45-57)81(7,8)9/h13-52H,53H2,1-12H3. The number of fused-ring (bicyclic) bond motifs is 1. The van der Waals surface area contributed by atoms with Crippen LogP contribution in [0, 0.1) is 0 Å². The molecule has 0 atom stereocenters. The van der Waals surface area contributed by atoms with E-state index in [0.717, 1.165) is 45.4 Å². The number of nitrogens with zero attached hydrogens (tertiary/aromatic N) is 4. The van der Waals surface area contributed by atoms with E-state index in [0.29, 0.717) is 6.67 Å². The zero-order valence-corrected chi connectivity index (χ0v) is 54.0. The van der Waals surface area contributed by atoms with E-state index in [1.54, 1.807) is 0 Å². The van der Waals surface area contributed by atoms with E-state index in [-0.39, 0.29) is 21.7 Å². The fourth-order valence-corrected chi connectivity index (χ4v) is 19.0. The van der Waals surface area contributed by atoms with Crippen molar-refractivity contribution in [3.8, 4) is 50.7 Å². The molecule has 0 N–H and O–H groups in total. The number of pyridine rings is 1. The van der Waals surface area contributed by atoms with Gasteiger partial charge in [-0.1, -0.05) is 247 Å². The summed E-state index contributed by atoms with van der Waals surface area (Å²) in [6.45, 7) is 28.5. The lowest BCUT2D eigenvalue weighted by atomic mass is 9.77. The average molecular weight is 1160 g/mol. The van der Waals surface area contributed by atoms with Crippen molar-refractivity contribution in [1.29, 1.82) is 0 Å². The molecule has 0 fully saturated rings. The summed E-state index contributed by atoms with van der Waals surface area (Å²) in [6, 6.07) is 88.5. The SMILES string of the molecule is CC(C)(C)c1cc(-c2cc(C(C)(C)C)cc(-c3ccc(-c4ccccc4)cc3)c2N2CN(c3cccc(Oc4cc5c6c7c(cccc7n(-c7cc(C(C)(C)C)ccn7)c6c4)[Si]5(c4ccccc4)c4ccccc4)c3)c3ccccc32)cc(C(C)(C)C)c1. The van der Waals surface area contributed by atoms with Crippen molar-refractivity contribution in [2.24, 2.45) is 0 Å². The summed E-state index contributed by atoms with van der Waals surface area (Å²) < 4.78 is 9.80. The molecule has 2 aliphatic rings. The van der Waals surface area contributed by atoms with E-state index in [1.807, 2.05) is 6.20 Å². The van der Waals surface area contributed by atoms with Crippen molar-refractivity contribution in [2.45, 2.75) is 105 Å². The molecule has 0 bridgehead atoms. The normalized spacial score (nSPS) is 13.9. The Morgan fingerprint density at radius 2 is 0.898 bits per heavy atom. The van der Waals surface area contributed by atoms with Gasteiger partial charge in [0.05, 0.1) is 28.1 Å². The van der Waals surface area contributed by atoms with Crippen LogP contribution in [0.15, 0.2) is 243 Å². The third-order valence-corrected chi connectivity index (χ3v) is 23.4. The minimum Gasteiger partial charge on any atom is -0.457 e. The Morgan fingerprint density at radius 3 is 1.51 bits per heavy atom. The molecule has 0 unspecified atom stereocenters. The topological polar surface area (TPSA) is 33.5 Å². The quantitative estimate of drug-likeness (QED) is 0.128. The molecule has 88 heavy (non-hydrogen) atoms. The maximum absolute atomic E-state index is 7.41. The van der Waals surface area contributed by atoms with E-state index >= 15 is 0 Å². The lowest BCUT2D eigenvalue weighted by molar-refractivity contribution is 0.484. The van der Waals surface area contributed by atoms with Gasteiger partial charge in [0.15, 0.2) is 8.07 Å². The van der Waals surface area contributed by atoms with Crippen molar-refractivity contribution in [1.82, 2.24) is 9.55 Å². The summed E-state index contributed by atoms with van der Waals surface area (Å²) in [7, 11) is -2.91. The molecule has 6 heteroatoms. The van der Waals surface area contributed by atoms with Gasteiger partial charge < -0.3 is 14.5 Å². The molecule has 10 aromatic carbocycles. The monoisotopic (exact) mass is 1160 g/mol. The molecule has 0 spiro atoms. The zero-order valence-electron chi connectivity index (χ0n) is 53.0. The second-order valence-electron chi connectivity index (χ2n) is 28.5. The Bertz CT molecular complexity index is 4580. The summed E-state index contributed by atoms with van der Waals surface area (Å²) in [5.74, 6) is 2.46. The van der Waals surface area contributed by atoms with Crippen LogP contribution in [0.3, 0.4) is 0 Å². The predicted octanol–water partition coefficient (Wildman–Crippen LogP) is 19.1. The zero-order chi connectivity index (χ0) is 61.1. The highest BCUT2D eigenvalue weighted by atomic mass is 28.3. The van der Waals surface area contributed by atoms with Crippen LogP contribution in [0.5, 0.6) is 11.5 Å². The van der Waals surface area contributed by atoms with Crippen LogP contribution < -0.4 is 35.3 Å². The van der Waals surface area contributed by atoms with Crippen molar-refractivity contribution >= 4 is 73.4 Å². The number of benzene rings is 10. The highest BCUT2D eigenvalue weighted by Crippen LogP contribution is 2.53. The van der Waals surface area contributed by atoms with E-state index in [1.165, 1.54) is 92.8 Å². The molecule has 0 radical (unpaired) electrons. The molecule has 14 rings (SSSR count). The Kier molecular flexibility index (Phi) is 13.5. The molecule has 0 saturated heterocycles. The van der Waals surface area contributed by atoms with Crippen LogP contribution >= 0.6 is 0 Å². The minimum atomic E-state index is -2.91. The molecule has 0 amide bonds. The molecule has 4 heterocycles. The van der Waals surface area contributed by atoms with Gasteiger partial charge in [-0.15, -0.1) is 0 Å². The van der Waals surface area contributed by atoms with Crippen molar-refractivity contribution in [3.05, 3.63) is 265 Å². The smallest absolute Gasteiger partial charge is 0.181 e. The van der Waals surface area contributed by atoms with Crippen LogP contribution in [-0.4, -0.2) is 24.3 Å². The van der Waals surface area contributed by atoms with E-state index in [4.69, 9.17) is 9.72 Å². The fourth-order valence-electron chi connectivity index (χ4n) is 13.8. The van der Waals surface area contributed by atoms with Gasteiger partial charge in [0.1, 0.15) is 24.0 Å². The number of aromatic nitrogens is 2. The first-order valence-electron chi connectivity index (χ1n) is 31.3. The molecule has 2 aliphatic heterocycles. The second-order valence-corrected chi connectivity index (χ2v) is 32.3. The maximum atomic E-state index is 7.41. The van der Waals surface area contributed by atoms with Crippen LogP contribution in [-0.2, 0) is 21.7 Å². The Hall–Kier alpha value is -9.23. The largest absolute Gasteiger partial charge is 0.457 e. The number of hydrogen-bond acceptors (Lipinski definition) is 4. The van der Waals surface area contributed by atoms with Gasteiger partial charge in [-0.2, -0.15) is 0 Å². The van der Waals surface area contributed by atoms with E-state index in [2.05, 4.69) is 334 Å². The molecule has 0 saturated carbocycles. The van der Waals surface area contributed by atoms with Crippen molar-refractivity contribution < 1.29 is 4.74 Å². The van der Waals surface area contributed by atoms with Crippen LogP contribution in [0.1, 0.15) is 105 Å². The lowest BCUT2D eigenvalue weighted by Crippen LogP contribution is -2.73. The van der Waals surface area contributed by atoms with Crippen molar-refractivity contribution in [3.63, 3.8) is 0 Å². The van der Waals surface area contributed by atoms with Crippen molar-refractivity contribution in [2.75, 3.05) is 16.5 Å². The molecule has 2 aromatic heterocycles. The molecular weight excluding hydrogens is 1090 g/mol. The number of hydrogen-bond donors (Lipinski definition) is 0. The third-order valence-electron chi connectivity index (χ3n) is 18.6. The first-order chi connectivity index (χ1) is 42.1. The molecular formula is C82H78N4OSi. The van der Waals surface area contributed by atoms with Gasteiger partial charge >= 0.3 is 0 Å². The van der Waals surface area contributed by atoms with Gasteiger partial charge in [0.2, 0.25) is 0 Å². The number of ether oxygens (including phenoxy) is 1. The van der Waals surface area contributed by atoms with Crippen LogP contribution in [0.4, 0.5) is 22.7 Å². The molecule has 5 nitrogen and oxygen atoms in total. The highest BCUT2D eigenvalue weighted by Gasteiger charge is 2.49. The van der Waals surface area contributed by atoms with Crippen LogP contribution in [0.2, 0.25) is 0 Å². The second kappa shape index (κ2) is 21.0. The number of para-hydroxylation sites is 2. The molecule has 0 aliphatic carbocycles. The molecule has 12 aromatic rings. The van der Waals surface area contributed by atoms with Gasteiger partial charge in [-0.3, -0.25) is 4.57 Å². The molecule has 436 valence electrons. The predicted molar refractivity (Wildman–Crippen MR) is 375 cm³/mol. The van der Waals surface area contributed by atoms with Gasteiger partial charge in [0.25, 0.3) is 0 Å². The summed E-state index contributed by atoms with van der Waals surface area (Å²) in [5.41, 5.74) is 18.8. The Morgan fingerprint density at radius 1 is 0.375 bits per heavy atom. The summed E-state index contributed by atoms with van der Waals surface area (Å²) >= 11 is 0. The Labute approximate surface area is 521 Å². The summed E-state index contributed by atoms with van der Waals surface area (Å²) in [6.07, 6.45) is 1.97.